The molecule has 4 aromatic rings. The molecule has 2 aliphatic carbocycles. The van der Waals surface area contributed by atoms with Gasteiger partial charge in [-0.1, -0.05) is 38.1 Å². The second-order valence-electron chi connectivity index (χ2n) is 8.37. The molecule has 0 radical (unpaired) electrons. The van der Waals surface area contributed by atoms with E-state index in [0.717, 1.165) is 26.0 Å². The first kappa shape index (κ1) is 20.8. The number of hydrogen-bond acceptors (Lipinski definition) is 3. The van der Waals surface area contributed by atoms with Gasteiger partial charge in [-0.15, -0.1) is 11.3 Å². The van der Waals surface area contributed by atoms with Crippen molar-refractivity contribution in [3.63, 3.8) is 0 Å². The van der Waals surface area contributed by atoms with E-state index in [0.29, 0.717) is 5.41 Å². The minimum absolute atomic E-state index is 0.426. The van der Waals surface area contributed by atoms with Gasteiger partial charge in [0, 0.05) is 24.5 Å². The zero-order valence-electron chi connectivity index (χ0n) is 17.8. The molecule has 0 amide bonds. The molecule has 0 bridgehead atoms. The Labute approximate surface area is 185 Å². The van der Waals surface area contributed by atoms with E-state index in [4.69, 9.17) is 16.0 Å². The van der Waals surface area contributed by atoms with Crippen molar-refractivity contribution >= 4 is 44.9 Å². The van der Waals surface area contributed by atoms with Gasteiger partial charge in [0.25, 0.3) is 0 Å². The van der Waals surface area contributed by atoms with Gasteiger partial charge >= 0.3 is 0 Å². The van der Waals surface area contributed by atoms with Crippen molar-refractivity contribution in [2.75, 3.05) is 0 Å². The van der Waals surface area contributed by atoms with Crippen molar-refractivity contribution in [1.82, 2.24) is 14.5 Å². The summed E-state index contributed by atoms with van der Waals surface area (Å²) in [4.78, 5) is 8.53. The molecular formula is C24H26ClN3OS. The van der Waals surface area contributed by atoms with Crippen LogP contribution in [0.15, 0.2) is 48.0 Å². The Morgan fingerprint density at radius 1 is 1.33 bits per heavy atom. The summed E-state index contributed by atoms with van der Waals surface area (Å²) in [5.74, 6) is 0.947. The Hall–Kier alpha value is -2.50. The zero-order chi connectivity index (χ0) is 21.5. The number of hydrogen-bond donors (Lipinski definition) is 1. The largest absolute Gasteiger partial charge is 0.464 e. The fourth-order valence-corrected chi connectivity index (χ4v) is 5.05. The molecule has 0 unspecified atom stereocenters. The lowest BCUT2D eigenvalue weighted by Crippen LogP contribution is -2.10. The van der Waals surface area contributed by atoms with Crippen LogP contribution >= 0.6 is 22.9 Å². The highest BCUT2D eigenvalue weighted by atomic mass is 35.5. The number of H-pyrrole nitrogens is 1. The monoisotopic (exact) mass is 439 g/mol. The Bertz CT molecular complexity index is 1230. The van der Waals surface area contributed by atoms with Gasteiger partial charge in [0.2, 0.25) is 0 Å². The van der Waals surface area contributed by atoms with Crippen LogP contribution in [0.3, 0.4) is 0 Å². The van der Waals surface area contributed by atoms with E-state index < -0.39 is 0 Å². The molecule has 0 saturated heterocycles. The number of fused-ring (bicyclic) bond motifs is 3. The van der Waals surface area contributed by atoms with E-state index in [-0.39, 0.29) is 0 Å². The lowest BCUT2D eigenvalue weighted by molar-refractivity contribution is 0.521. The molecule has 0 spiro atoms. The lowest BCUT2D eigenvalue weighted by atomic mass is 9.88. The quantitative estimate of drug-likeness (QED) is 0.316. The molecule has 0 aliphatic heterocycles. The number of rotatable bonds is 0. The highest BCUT2D eigenvalue weighted by Gasteiger charge is 2.29. The molecule has 0 aromatic carbocycles. The average Bonchev–Trinajstić information content (AvgIpc) is 3.49. The number of aromatic amines is 1. The molecular weight excluding hydrogens is 414 g/mol. The number of thiophene rings is 1. The van der Waals surface area contributed by atoms with E-state index in [2.05, 4.69) is 36.5 Å². The van der Waals surface area contributed by atoms with Gasteiger partial charge in [0.05, 0.1) is 16.9 Å². The van der Waals surface area contributed by atoms with Gasteiger partial charge in [0.15, 0.2) is 0 Å². The summed E-state index contributed by atoms with van der Waals surface area (Å²) in [6, 6.07) is 4.09. The van der Waals surface area contributed by atoms with Crippen molar-refractivity contribution in [2.24, 2.45) is 7.05 Å². The highest BCUT2D eigenvalue weighted by molar-refractivity contribution is 7.22. The molecule has 4 nitrogen and oxygen atoms in total. The van der Waals surface area contributed by atoms with Crippen LogP contribution in [0.1, 0.15) is 48.4 Å². The molecule has 6 rings (SSSR count). The summed E-state index contributed by atoms with van der Waals surface area (Å²) < 4.78 is 7.99. The number of aromatic nitrogens is 3. The van der Waals surface area contributed by atoms with E-state index in [9.17, 15) is 0 Å². The van der Waals surface area contributed by atoms with E-state index in [1.165, 1.54) is 35.2 Å². The third-order valence-electron chi connectivity index (χ3n) is 5.68. The first-order chi connectivity index (χ1) is 14.3. The van der Waals surface area contributed by atoms with Crippen LogP contribution in [0.4, 0.5) is 0 Å². The van der Waals surface area contributed by atoms with Crippen molar-refractivity contribution < 1.29 is 4.42 Å². The maximum absolute atomic E-state index is 5.76. The topological polar surface area (TPSA) is 46.8 Å². The predicted octanol–water partition coefficient (Wildman–Crippen LogP) is 7.15. The zero-order valence-corrected chi connectivity index (χ0v) is 19.3. The summed E-state index contributed by atoms with van der Waals surface area (Å²) in [6.07, 6.45) is 12.1. The third-order valence-corrected chi connectivity index (χ3v) is 7.02. The minimum Gasteiger partial charge on any atom is -0.464 e. The number of aryl methyl sites for hydroxylation is 3. The number of halogens is 1. The summed E-state index contributed by atoms with van der Waals surface area (Å²) in [7, 11) is 1.96. The molecule has 0 fully saturated rings. The summed E-state index contributed by atoms with van der Waals surface area (Å²) >= 11 is 7.31. The van der Waals surface area contributed by atoms with Crippen molar-refractivity contribution in [1.29, 1.82) is 0 Å². The molecule has 4 heterocycles. The molecule has 0 atom stereocenters. The summed E-state index contributed by atoms with van der Waals surface area (Å²) in [5, 5.41) is 0. The first-order valence-corrected chi connectivity index (χ1v) is 11.1. The fourth-order valence-electron chi connectivity index (χ4n) is 3.96. The fraction of sp³-hybridized carbons (Fsp3) is 0.292. The SMILES string of the molecule is C=C1C=Cc2occ(C)c21.CC1(C)CCc2[nH]ccc21.Cn1cnc2cc(Cl)sc21. The van der Waals surface area contributed by atoms with Crippen LogP contribution in [-0.2, 0) is 18.9 Å². The van der Waals surface area contributed by atoms with E-state index >= 15 is 0 Å². The van der Waals surface area contributed by atoms with Gasteiger partial charge < -0.3 is 14.0 Å². The normalized spacial score (nSPS) is 15.4. The van der Waals surface area contributed by atoms with E-state index in [1.54, 1.807) is 23.9 Å². The Kier molecular flexibility index (Phi) is 5.51. The maximum atomic E-state index is 5.76. The number of allylic oxidation sites excluding steroid dienone is 2. The standard InChI is InChI=1S/C9H13N.C9H8O.C6H5ClN2S/c1-9(2)5-3-8-7(9)4-6-10-8;1-6-3-4-8-9(6)7(2)5-10-8;1-9-3-8-4-2-5(7)10-6(4)9/h4,6,10H,3,5H2,1-2H3;3-5H,1H2,2H3;2-3H,1H3. The highest BCUT2D eigenvalue weighted by Crippen LogP contribution is 2.37. The van der Waals surface area contributed by atoms with Crippen LogP contribution in [0, 0.1) is 6.92 Å². The Morgan fingerprint density at radius 3 is 2.83 bits per heavy atom. The first-order valence-electron chi connectivity index (χ1n) is 9.95. The number of furan rings is 1. The number of nitrogens with zero attached hydrogens (tertiary/aromatic N) is 2. The molecule has 2 aliphatic rings. The van der Waals surface area contributed by atoms with Gasteiger partial charge in [-0.2, -0.15) is 0 Å². The molecule has 4 aromatic heterocycles. The molecule has 30 heavy (non-hydrogen) atoms. The summed E-state index contributed by atoms with van der Waals surface area (Å²) in [6.45, 7) is 10.5. The smallest absolute Gasteiger partial charge is 0.134 e. The van der Waals surface area contributed by atoms with Gasteiger partial charge in [-0.25, -0.2) is 4.98 Å². The van der Waals surface area contributed by atoms with Gasteiger partial charge in [-0.3, -0.25) is 0 Å². The van der Waals surface area contributed by atoms with E-state index in [1.807, 2.05) is 43.0 Å². The van der Waals surface area contributed by atoms with Gasteiger partial charge in [0.1, 0.15) is 16.1 Å². The van der Waals surface area contributed by atoms with Crippen molar-refractivity contribution in [3.05, 3.63) is 76.1 Å². The summed E-state index contributed by atoms with van der Waals surface area (Å²) in [5.41, 5.74) is 7.77. The van der Waals surface area contributed by atoms with Crippen LogP contribution < -0.4 is 0 Å². The second kappa shape index (κ2) is 7.97. The van der Waals surface area contributed by atoms with Crippen LogP contribution in [-0.4, -0.2) is 14.5 Å². The van der Waals surface area contributed by atoms with Crippen LogP contribution in [0.2, 0.25) is 4.34 Å². The van der Waals surface area contributed by atoms with Crippen LogP contribution in [0.25, 0.3) is 22.0 Å². The minimum atomic E-state index is 0.426. The predicted molar refractivity (Wildman–Crippen MR) is 127 cm³/mol. The lowest BCUT2D eigenvalue weighted by Gasteiger charge is -2.16. The second-order valence-corrected chi connectivity index (χ2v) is 10.0. The third kappa shape index (κ3) is 3.92. The molecule has 6 heteroatoms. The molecule has 0 saturated carbocycles. The maximum Gasteiger partial charge on any atom is 0.134 e. The molecule has 1 N–H and O–H groups in total. The van der Waals surface area contributed by atoms with Crippen molar-refractivity contribution in [2.45, 2.75) is 39.0 Å². The number of nitrogens with one attached hydrogen (secondary N) is 1. The van der Waals surface area contributed by atoms with Crippen LogP contribution in [0.5, 0.6) is 0 Å². The van der Waals surface area contributed by atoms with Gasteiger partial charge in [-0.05, 0) is 60.1 Å². The average molecular weight is 440 g/mol. The molecule has 156 valence electrons. The Morgan fingerprint density at radius 2 is 2.13 bits per heavy atom. The Balaban J connectivity index is 0.000000109. The van der Waals surface area contributed by atoms with Crippen molar-refractivity contribution in [3.8, 4) is 0 Å². The number of imidazole rings is 1.